The average molecular weight is 428 g/mol. The highest BCUT2D eigenvalue weighted by molar-refractivity contribution is 5.91. The van der Waals surface area contributed by atoms with Gasteiger partial charge in [0.1, 0.15) is 24.4 Å². The molecule has 0 fully saturated rings. The van der Waals surface area contributed by atoms with Gasteiger partial charge in [0.05, 0.1) is 11.3 Å². The zero-order valence-corrected chi connectivity index (χ0v) is 18.2. The first kappa shape index (κ1) is 21.2. The summed E-state index contributed by atoms with van der Waals surface area (Å²) < 4.78 is 12.9. The van der Waals surface area contributed by atoms with Crippen LogP contribution in [0.25, 0.3) is 5.69 Å². The first-order valence-corrected chi connectivity index (χ1v) is 10.3. The van der Waals surface area contributed by atoms with Crippen LogP contribution in [0.2, 0.25) is 0 Å². The van der Waals surface area contributed by atoms with Crippen LogP contribution in [0.1, 0.15) is 42.3 Å². The van der Waals surface area contributed by atoms with E-state index in [0.717, 1.165) is 11.3 Å². The lowest BCUT2D eigenvalue weighted by Gasteiger charge is -2.19. The van der Waals surface area contributed by atoms with E-state index in [1.807, 2.05) is 30.3 Å². The topological polar surface area (TPSA) is 79.1 Å². The number of nitrogens with zero attached hydrogens (tertiary/aromatic N) is 4. The van der Waals surface area contributed by atoms with Crippen LogP contribution >= 0.6 is 0 Å². The quantitative estimate of drug-likeness (QED) is 0.325. The van der Waals surface area contributed by atoms with Gasteiger partial charge < -0.3 is 9.47 Å². The maximum Gasteiger partial charge on any atom is 0.343 e. The predicted octanol–water partition coefficient (Wildman–Crippen LogP) is 4.76. The molecule has 0 radical (unpaired) electrons. The predicted molar refractivity (Wildman–Crippen MR) is 120 cm³/mol. The fourth-order valence-corrected chi connectivity index (χ4v) is 3.09. The van der Waals surface area contributed by atoms with Crippen molar-refractivity contribution in [3.05, 3.63) is 95.8 Å². The van der Waals surface area contributed by atoms with E-state index < -0.39 is 5.97 Å². The molecule has 32 heavy (non-hydrogen) atoms. The van der Waals surface area contributed by atoms with Crippen molar-refractivity contribution >= 4 is 5.97 Å². The molecule has 0 spiro atoms. The van der Waals surface area contributed by atoms with Crippen LogP contribution in [0.3, 0.4) is 0 Å². The van der Waals surface area contributed by atoms with Gasteiger partial charge >= 0.3 is 5.97 Å². The monoisotopic (exact) mass is 428 g/mol. The van der Waals surface area contributed by atoms with Gasteiger partial charge in [-0.2, -0.15) is 0 Å². The Morgan fingerprint density at radius 1 is 0.938 bits per heavy atom. The van der Waals surface area contributed by atoms with E-state index in [-0.39, 0.29) is 5.41 Å². The van der Waals surface area contributed by atoms with Gasteiger partial charge in [-0.3, -0.25) is 0 Å². The molecular weight excluding hydrogens is 404 g/mol. The summed E-state index contributed by atoms with van der Waals surface area (Å²) in [5.41, 5.74) is 3.48. The molecule has 0 bridgehead atoms. The summed E-state index contributed by atoms with van der Waals surface area (Å²) in [6.07, 6.45) is 1.47. The molecule has 0 atom stereocenters. The summed E-state index contributed by atoms with van der Waals surface area (Å²) in [6, 6.07) is 22.3. The molecule has 1 aromatic heterocycles. The SMILES string of the molecule is CC(C)(C)c1ccc(OCc2ccc(C(=O)Oc3cccc(-n4cnnn4)c3)cc2)cc1. The molecule has 0 aliphatic carbocycles. The number of esters is 1. The second kappa shape index (κ2) is 9.01. The number of benzene rings is 3. The Hall–Kier alpha value is -4.00. The Kier molecular flexibility index (Phi) is 5.98. The highest BCUT2D eigenvalue weighted by Crippen LogP contribution is 2.24. The summed E-state index contributed by atoms with van der Waals surface area (Å²) in [5, 5.41) is 11.0. The normalized spacial score (nSPS) is 11.2. The number of rotatable bonds is 6. The Labute approximate surface area is 186 Å². The van der Waals surface area contributed by atoms with Crippen molar-refractivity contribution in [3.63, 3.8) is 0 Å². The molecule has 0 unspecified atom stereocenters. The third kappa shape index (κ3) is 5.18. The Balaban J connectivity index is 1.35. The smallest absolute Gasteiger partial charge is 0.343 e. The van der Waals surface area contributed by atoms with Gasteiger partial charge in [-0.05, 0) is 63.4 Å². The van der Waals surface area contributed by atoms with E-state index in [1.54, 1.807) is 30.3 Å². The molecule has 3 aromatic carbocycles. The van der Waals surface area contributed by atoms with Crippen molar-refractivity contribution in [1.82, 2.24) is 20.2 Å². The van der Waals surface area contributed by atoms with E-state index in [1.165, 1.54) is 16.6 Å². The first-order chi connectivity index (χ1) is 15.4. The zero-order valence-electron chi connectivity index (χ0n) is 18.2. The standard InChI is InChI=1S/C25H24N4O3/c1-25(2,3)20-11-13-22(14-12-20)31-16-18-7-9-19(10-8-18)24(30)32-23-6-4-5-21(15-23)29-17-26-27-28-29/h4-15,17H,16H2,1-3H3. The third-order valence-electron chi connectivity index (χ3n) is 4.96. The van der Waals surface area contributed by atoms with Crippen LogP contribution < -0.4 is 9.47 Å². The second-order valence-corrected chi connectivity index (χ2v) is 8.40. The molecule has 0 aliphatic heterocycles. The number of carbonyl (C=O) groups is 1. The van der Waals surface area contributed by atoms with Crippen molar-refractivity contribution < 1.29 is 14.3 Å². The van der Waals surface area contributed by atoms with E-state index in [9.17, 15) is 4.79 Å². The number of tetrazole rings is 1. The van der Waals surface area contributed by atoms with Gasteiger partial charge in [0.15, 0.2) is 0 Å². The van der Waals surface area contributed by atoms with Gasteiger partial charge in [-0.1, -0.05) is 51.1 Å². The van der Waals surface area contributed by atoms with Crippen molar-refractivity contribution in [1.29, 1.82) is 0 Å². The lowest BCUT2D eigenvalue weighted by atomic mass is 9.87. The molecule has 4 aromatic rings. The highest BCUT2D eigenvalue weighted by Gasteiger charge is 2.13. The Morgan fingerprint density at radius 3 is 2.34 bits per heavy atom. The number of hydrogen-bond donors (Lipinski definition) is 0. The molecule has 1 heterocycles. The number of carbonyl (C=O) groups excluding carboxylic acids is 1. The largest absolute Gasteiger partial charge is 0.489 e. The summed E-state index contributed by atoms with van der Waals surface area (Å²) in [4.78, 5) is 12.5. The zero-order chi connectivity index (χ0) is 22.6. The number of hydrogen-bond acceptors (Lipinski definition) is 6. The molecule has 0 aliphatic rings. The first-order valence-electron chi connectivity index (χ1n) is 10.3. The molecule has 162 valence electrons. The summed E-state index contributed by atoms with van der Waals surface area (Å²) in [5.74, 6) is 0.780. The maximum absolute atomic E-state index is 12.5. The van der Waals surface area contributed by atoms with Crippen molar-refractivity contribution in [2.75, 3.05) is 0 Å². The minimum Gasteiger partial charge on any atom is -0.489 e. The van der Waals surface area contributed by atoms with Gasteiger partial charge in [0.2, 0.25) is 0 Å². The molecule has 7 nitrogen and oxygen atoms in total. The van der Waals surface area contributed by atoms with Crippen LogP contribution in [-0.4, -0.2) is 26.2 Å². The van der Waals surface area contributed by atoms with Crippen molar-refractivity contribution in [2.45, 2.75) is 32.8 Å². The van der Waals surface area contributed by atoms with Crippen LogP contribution in [-0.2, 0) is 12.0 Å². The fourth-order valence-electron chi connectivity index (χ4n) is 3.09. The second-order valence-electron chi connectivity index (χ2n) is 8.40. The molecule has 7 heteroatoms. The fraction of sp³-hybridized carbons (Fsp3) is 0.200. The molecule has 0 amide bonds. The lowest BCUT2D eigenvalue weighted by molar-refractivity contribution is 0.0734. The molecular formula is C25H24N4O3. The minimum absolute atomic E-state index is 0.109. The van der Waals surface area contributed by atoms with Crippen LogP contribution in [0.5, 0.6) is 11.5 Å². The number of ether oxygens (including phenoxy) is 2. The van der Waals surface area contributed by atoms with Gasteiger partial charge in [-0.25, -0.2) is 9.48 Å². The van der Waals surface area contributed by atoms with Gasteiger partial charge in [0, 0.05) is 6.07 Å². The number of aromatic nitrogens is 4. The Bertz CT molecular complexity index is 1180. The molecule has 4 rings (SSSR count). The van der Waals surface area contributed by atoms with Gasteiger partial charge in [-0.15, -0.1) is 5.10 Å². The van der Waals surface area contributed by atoms with Crippen LogP contribution in [0.4, 0.5) is 0 Å². The van der Waals surface area contributed by atoms with Gasteiger partial charge in [0.25, 0.3) is 0 Å². The van der Waals surface area contributed by atoms with E-state index in [0.29, 0.717) is 23.6 Å². The Morgan fingerprint density at radius 2 is 1.69 bits per heavy atom. The lowest BCUT2D eigenvalue weighted by Crippen LogP contribution is -2.10. The molecule has 0 saturated carbocycles. The average Bonchev–Trinajstić information content (AvgIpc) is 3.33. The minimum atomic E-state index is -0.441. The maximum atomic E-state index is 12.5. The van der Waals surface area contributed by atoms with E-state index in [2.05, 4.69) is 48.4 Å². The van der Waals surface area contributed by atoms with Crippen LogP contribution in [0.15, 0.2) is 79.1 Å². The molecule has 0 N–H and O–H groups in total. The van der Waals surface area contributed by atoms with E-state index >= 15 is 0 Å². The molecule has 0 saturated heterocycles. The third-order valence-corrected chi connectivity index (χ3v) is 4.96. The van der Waals surface area contributed by atoms with Crippen LogP contribution in [0, 0.1) is 0 Å². The summed E-state index contributed by atoms with van der Waals surface area (Å²) in [7, 11) is 0. The highest BCUT2D eigenvalue weighted by atomic mass is 16.5. The van der Waals surface area contributed by atoms with Crippen molar-refractivity contribution in [2.24, 2.45) is 0 Å². The van der Waals surface area contributed by atoms with E-state index in [4.69, 9.17) is 9.47 Å². The summed E-state index contributed by atoms with van der Waals surface area (Å²) >= 11 is 0. The van der Waals surface area contributed by atoms with Crippen molar-refractivity contribution in [3.8, 4) is 17.2 Å². The summed E-state index contributed by atoms with van der Waals surface area (Å²) in [6.45, 7) is 6.96.